The second kappa shape index (κ2) is 6.85. The molecular formula is C13H19N3O4. The van der Waals surface area contributed by atoms with E-state index in [0.717, 1.165) is 0 Å². The van der Waals surface area contributed by atoms with Crippen LogP contribution in [0.2, 0.25) is 0 Å². The number of rotatable bonds is 6. The van der Waals surface area contributed by atoms with Crippen LogP contribution in [0.4, 0.5) is 11.4 Å². The molecule has 0 fully saturated rings. The van der Waals surface area contributed by atoms with Crippen LogP contribution in [0.5, 0.6) is 0 Å². The predicted molar refractivity (Wildman–Crippen MR) is 76.1 cm³/mol. The number of likely N-dealkylation sites (N-methyl/N-ethyl adjacent to an activating group) is 1. The van der Waals surface area contributed by atoms with Gasteiger partial charge in [-0.1, -0.05) is 0 Å². The smallest absolute Gasteiger partial charge is 0.293 e. The molecule has 0 aliphatic heterocycles. The minimum Gasteiger partial charge on any atom is -0.383 e. The molecule has 0 aromatic heterocycles. The number of amides is 1. The molecule has 1 aromatic carbocycles. The van der Waals surface area contributed by atoms with Gasteiger partial charge in [0.1, 0.15) is 5.69 Å². The van der Waals surface area contributed by atoms with Gasteiger partial charge in [0.2, 0.25) is 0 Å². The lowest BCUT2D eigenvalue weighted by Crippen LogP contribution is -2.37. The molecule has 7 nitrogen and oxygen atoms in total. The first-order chi connectivity index (χ1) is 9.42. The van der Waals surface area contributed by atoms with Crippen molar-refractivity contribution in [1.29, 1.82) is 0 Å². The number of ether oxygens (including phenoxy) is 1. The fourth-order valence-corrected chi connectivity index (χ4v) is 1.78. The van der Waals surface area contributed by atoms with Crippen LogP contribution in [-0.2, 0) is 4.74 Å². The maximum absolute atomic E-state index is 12.3. The summed E-state index contributed by atoms with van der Waals surface area (Å²) >= 11 is 0. The Balaban J connectivity index is 3.05. The third kappa shape index (κ3) is 3.45. The molecule has 110 valence electrons. The van der Waals surface area contributed by atoms with Crippen molar-refractivity contribution in [1.82, 2.24) is 4.90 Å². The van der Waals surface area contributed by atoms with E-state index in [1.54, 1.807) is 27.3 Å². The standard InChI is InChI=1S/C13H19N3O4/c1-9(8-20-4)15(3)13(17)10-5-6-11(14-2)12(7-10)16(18)19/h5-7,9,14H,8H2,1-4H3. The molecular weight excluding hydrogens is 262 g/mol. The first kappa shape index (κ1) is 15.9. The fourth-order valence-electron chi connectivity index (χ4n) is 1.78. The summed E-state index contributed by atoms with van der Waals surface area (Å²) in [6, 6.07) is 4.26. The van der Waals surface area contributed by atoms with E-state index in [4.69, 9.17) is 4.74 Å². The molecule has 1 atom stereocenters. The minimum atomic E-state index is -0.513. The molecule has 0 bridgehead atoms. The van der Waals surface area contributed by atoms with Gasteiger partial charge in [-0.15, -0.1) is 0 Å². The van der Waals surface area contributed by atoms with Crippen LogP contribution in [0.1, 0.15) is 17.3 Å². The number of hydrogen-bond acceptors (Lipinski definition) is 5. The number of nitrogens with zero attached hydrogens (tertiary/aromatic N) is 2. The van der Waals surface area contributed by atoms with Gasteiger partial charge in [-0.05, 0) is 19.1 Å². The summed E-state index contributed by atoms with van der Waals surface area (Å²) in [4.78, 5) is 24.2. The van der Waals surface area contributed by atoms with Crippen molar-refractivity contribution in [2.45, 2.75) is 13.0 Å². The quantitative estimate of drug-likeness (QED) is 0.634. The van der Waals surface area contributed by atoms with Crippen LogP contribution in [0, 0.1) is 10.1 Å². The lowest BCUT2D eigenvalue weighted by atomic mass is 10.1. The molecule has 7 heteroatoms. The van der Waals surface area contributed by atoms with Crippen molar-refractivity contribution in [3.05, 3.63) is 33.9 Å². The van der Waals surface area contributed by atoms with Gasteiger partial charge >= 0.3 is 0 Å². The van der Waals surface area contributed by atoms with Crippen molar-refractivity contribution >= 4 is 17.3 Å². The molecule has 0 saturated heterocycles. The van der Waals surface area contributed by atoms with E-state index in [1.807, 2.05) is 6.92 Å². The number of nitrogens with one attached hydrogen (secondary N) is 1. The maximum Gasteiger partial charge on any atom is 0.293 e. The molecule has 0 spiro atoms. The third-order valence-electron chi connectivity index (χ3n) is 3.10. The Morgan fingerprint density at radius 2 is 2.20 bits per heavy atom. The lowest BCUT2D eigenvalue weighted by molar-refractivity contribution is -0.384. The summed E-state index contributed by atoms with van der Waals surface area (Å²) in [6.07, 6.45) is 0. The van der Waals surface area contributed by atoms with Gasteiger partial charge in [0.05, 0.1) is 17.6 Å². The van der Waals surface area contributed by atoms with Gasteiger partial charge in [0.15, 0.2) is 0 Å². The summed E-state index contributed by atoms with van der Waals surface area (Å²) in [7, 11) is 4.79. The van der Waals surface area contributed by atoms with E-state index in [0.29, 0.717) is 12.3 Å². The number of carbonyl (C=O) groups excluding carboxylic acids is 1. The second-order valence-electron chi connectivity index (χ2n) is 4.46. The lowest BCUT2D eigenvalue weighted by Gasteiger charge is -2.24. The Morgan fingerprint density at radius 3 is 2.70 bits per heavy atom. The Labute approximate surface area is 117 Å². The first-order valence-corrected chi connectivity index (χ1v) is 6.14. The number of nitro benzene ring substituents is 1. The third-order valence-corrected chi connectivity index (χ3v) is 3.10. The molecule has 1 rings (SSSR count). The van der Waals surface area contributed by atoms with E-state index in [9.17, 15) is 14.9 Å². The number of benzene rings is 1. The zero-order chi connectivity index (χ0) is 15.3. The topological polar surface area (TPSA) is 84.7 Å². The van der Waals surface area contributed by atoms with E-state index in [-0.39, 0.29) is 23.2 Å². The van der Waals surface area contributed by atoms with Gasteiger partial charge in [0, 0.05) is 32.8 Å². The maximum atomic E-state index is 12.3. The normalized spacial score (nSPS) is 11.8. The zero-order valence-corrected chi connectivity index (χ0v) is 12.0. The summed E-state index contributed by atoms with van der Waals surface area (Å²) in [5.74, 6) is -0.277. The summed E-state index contributed by atoms with van der Waals surface area (Å²) in [5, 5.41) is 13.7. The highest BCUT2D eigenvalue weighted by Crippen LogP contribution is 2.25. The van der Waals surface area contributed by atoms with Gasteiger partial charge in [-0.25, -0.2) is 0 Å². The van der Waals surface area contributed by atoms with Crippen molar-refractivity contribution in [2.75, 3.05) is 33.1 Å². The number of methoxy groups -OCH3 is 1. The van der Waals surface area contributed by atoms with Crippen LogP contribution < -0.4 is 5.32 Å². The van der Waals surface area contributed by atoms with Crippen molar-refractivity contribution in [3.63, 3.8) is 0 Å². The Hall–Kier alpha value is -2.15. The number of nitro groups is 1. The molecule has 0 aliphatic carbocycles. The number of anilines is 1. The molecule has 0 radical (unpaired) electrons. The van der Waals surface area contributed by atoms with E-state index in [1.165, 1.54) is 17.0 Å². The number of carbonyl (C=O) groups is 1. The highest BCUT2D eigenvalue weighted by molar-refractivity contribution is 5.95. The first-order valence-electron chi connectivity index (χ1n) is 6.14. The summed E-state index contributed by atoms with van der Waals surface area (Å²) in [5.41, 5.74) is 0.534. The zero-order valence-electron chi connectivity index (χ0n) is 12.0. The van der Waals surface area contributed by atoms with Gasteiger partial charge in [-0.2, -0.15) is 0 Å². The molecule has 0 saturated carbocycles. The van der Waals surface area contributed by atoms with Crippen molar-refractivity contribution in [2.24, 2.45) is 0 Å². The highest BCUT2D eigenvalue weighted by Gasteiger charge is 2.21. The molecule has 1 unspecified atom stereocenters. The minimum absolute atomic E-state index is 0.115. The molecule has 1 N–H and O–H groups in total. The van der Waals surface area contributed by atoms with Crippen molar-refractivity contribution in [3.8, 4) is 0 Å². The van der Waals surface area contributed by atoms with Crippen LogP contribution >= 0.6 is 0 Å². The molecule has 20 heavy (non-hydrogen) atoms. The number of hydrogen-bond donors (Lipinski definition) is 1. The van der Waals surface area contributed by atoms with Crippen molar-refractivity contribution < 1.29 is 14.5 Å². The molecule has 0 aliphatic rings. The predicted octanol–water partition coefficient (Wildman–Crippen LogP) is 1.74. The van der Waals surface area contributed by atoms with Crippen LogP contribution in [0.3, 0.4) is 0 Å². The SMILES string of the molecule is CNc1ccc(C(=O)N(C)C(C)COC)cc1[N+](=O)[O-]. The summed E-state index contributed by atoms with van der Waals surface area (Å²) in [6.45, 7) is 2.25. The Bertz CT molecular complexity index is 504. The molecule has 1 aromatic rings. The van der Waals surface area contributed by atoms with Crippen LogP contribution in [0.15, 0.2) is 18.2 Å². The Kier molecular flexibility index (Phi) is 5.45. The average molecular weight is 281 g/mol. The Morgan fingerprint density at radius 1 is 1.55 bits per heavy atom. The van der Waals surface area contributed by atoms with Gasteiger partial charge < -0.3 is 15.0 Å². The summed E-state index contributed by atoms with van der Waals surface area (Å²) < 4.78 is 5.00. The monoisotopic (exact) mass is 281 g/mol. The van der Waals surface area contributed by atoms with Gasteiger partial charge in [-0.3, -0.25) is 14.9 Å². The fraction of sp³-hybridized carbons (Fsp3) is 0.462. The van der Waals surface area contributed by atoms with Crippen LogP contribution in [-0.4, -0.2) is 49.6 Å². The largest absolute Gasteiger partial charge is 0.383 e. The molecule has 0 heterocycles. The second-order valence-corrected chi connectivity index (χ2v) is 4.46. The van der Waals surface area contributed by atoms with E-state index < -0.39 is 4.92 Å². The molecule has 1 amide bonds. The van der Waals surface area contributed by atoms with Crippen LogP contribution in [0.25, 0.3) is 0 Å². The average Bonchev–Trinajstić information content (AvgIpc) is 2.45. The van der Waals surface area contributed by atoms with E-state index in [2.05, 4.69) is 5.32 Å². The van der Waals surface area contributed by atoms with E-state index >= 15 is 0 Å². The highest BCUT2D eigenvalue weighted by atomic mass is 16.6. The van der Waals surface area contributed by atoms with Gasteiger partial charge in [0.25, 0.3) is 11.6 Å².